The molecule has 0 spiro atoms. The molecule has 0 saturated heterocycles. The van der Waals surface area contributed by atoms with Crippen LogP contribution in [-0.2, 0) is 4.74 Å². The Hall–Kier alpha value is -3.91. The molecule has 7 nitrogen and oxygen atoms in total. The Morgan fingerprint density at radius 2 is 1.68 bits per heavy atom. The molecule has 8 heteroatoms. The number of Topliss-reactive ketones (excluding diaryl/α,β-unsaturated/α-hetero) is 1. The van der Waals surface area contributed by atoms with Crippen LogP contribution in [-0.4, -0.2) is 28.3 Å². The monoisotopic (exact) mass is 518 g/mol. The molecule has 0 saturated carbocycles. The van der Waals surface area contributed by atoms with Crippen LogP contribution in [0.4, 0.5) is 5.69 Å². The van der Waals surface area contributed by atoms with Crippen molar-refractivity contribution >= 4 is 44.3 Å². The second-order valence-electron chi connectivity index (χ2n) is 7.79. The third-order valence-corrected chi connectivity index (χ3v) is 5.95. The van der Waals surface area contributed by atoms with Crippen molar-refractivity contribution < 1.29 is 19.2 Å². The highest BCUT2D eigenvalue weighted by Crippen LogP contribution is 2.32. The van der Waals surface area contributed by atoms with E-state index in [1.54, 1.807) is 13.0 Å². The number of ketones is 1. The summed E-state index contributed by atoms with van der Waals surface area (Å²) < 4.78 is 6.17. The number of aromatic nitrogens is 1. The normalized spacial score (nSPS) is 10.8. The van der Waals surface area contributed by atoms with Crippen molar-refractivity contribution in [3.8, 4) is 11.3 Å². The van der Waals surface area contributed by atoms with Gasteiger partial charge in [0.1, 0.15) is 0 Å². The molecule has 0 unspecified atom stereocenters. The van der Waals surface area contributed by atoms with Crippen LogP contribution in [0.2, 0.25) is 0 Å². The maximum atomic E-state index is 13.2. The van der Waals surface area contributed by atoms with E-state index >= 15 is 0 Å². The third-order valence-electron chi connectivity index (χ3n) is 5.45. The standard InChI is InChI=1S/C26H19BrN2O5/c1-15-3-5-18(6-4-15)25-16(2)24(21-13-19(27)9-12-22(21)28-25)26(31)34-14-23(30)17-7-10-20(11-8-17)29(32)33/h3-13H,14H2,1-2H3. The van der Waals surface area contributed by atoms with Crippen LogP contribution >= 0.6 is 15.9 Å². The van der Waals surface area contributed by atoms with Crippen LogP contribution in [0.15, 0.2) is 71.2 Å². The molecule has 4 rings (SSSR count). The average Bonchev–Trinajstić information content (AvgIpc) is 2.82. The van der Waals surface area contributed by atoms with Gasteiger partial charge in [0.2, 0.25) is 0 Å². The van der Waals surface area contributed by atoms with Crippen molar-refractivity contribution in [2.75, 3.05) is 6.61 Å². The zero-order chi connectivity index (χ0) is 24.4. The first-order chi connectivity index (χ1) is 16.2. The van der Waals surface area contributed by atoms with E-state index < -0.39 is 23.3 Å². The molecule has 0 aliphatic rings. The lowest BCUT2D eigenvalue weighted by Gasteiger charge is -2.15. The number of rotatable bonds is 6. The van der Waals surface area contributed by atoms with Crippen LogP contribution in [0, 0.1) is 24.0 Å². The van der Waals surface area contributed by atoms with Gasteiger partial charge in [0, 0.05) is 33.1 Å². The Kier molecular flexibility index (Phi) is 6.51. The Morgan fingerprint density at radius 1 is 1.00 bits per heavy atom. The number of pyridine rings is 1. The number of carbonyl (C=O) groups excluding carboxylic acids is 2. The van der Waals surface area contributed by atoms with Gasteiger partial charge in [-0.1, -0.05) is 45.8 Å². The minimum atomic E-state index is -0.647. The fourth-order valence-electron chi connectivity index (χ4n) is 3.64. The summed E-state index contributed by atoms with van der Waals surface area (Å²) in [6.07, 6.45) is 0. The number of hydrogen-bond donors (Lipinski definition) is 0. The molecule has 0 fully saturated rings. The molecule has 170 valence electrons. The molecule has 1 aromatic heterocycles. The number of aryl methyl sites for hydroxylation is 1. The summed E-state index contributed by atoms with van der Waals surface area (Å²) in [5.74, 6) is -1.11. The van der Waals surface area contributed by atoms with E-state index in [4.69, 9.17) is 9.72 Å². The van der Waals surface area contributed by atoms with Crippen LogP contribution in [0.1, 0.15) is 31.8 Å². The number of benzene rings is 3. The number of nitro groups is 1. The summed E-state index contributed by atoms with van der Waals surface area (Å²) in [4.78, 5) is 40.8. The van der Waals surface area contributed by atoms with Crippen molar-refractivity contribution in [2.45, 2.75) is 13.8 Å². The first-order valence-corrected chi connectivity index (χ1v) is 11.2. The molecule has 1 heterocycles. The molecule has 4 aromatic rings. The van der Waals surface area contributed by atoms with Crippen molar-refractivity contribution in [1.82, 2.24) is 4.98 Å². The lowest BCUT2D eigenvalue weighted by Crippen LogP contribution is -2.16. The fourth-order valence-corrected chi connectivity index (χ4v) is 4.00. The number of hydrogen-bond acceptors (Lipinski definition) is 6. The number of ether oxygens (including phenoxy) is 1. The highest BCUT2D eigenvalue weighted by atomic mass is 79.9. The minimum Gasteiger partial charge on any atom is -0.454 e. The summed E-state index contributed by atoms with van der Waals surface area (Å²) in [6, 6.07) is 18.5. The third kappa shape index (κ3) is 4.72. The zero-order valence-electron chi connectivity index (χ0n) is 18.4. The number of carbonyl (C=O) groups is 2. The smallest absolute Gasteiger partial charge is 0.339 e. The van der Waals surface area contributed by atoms with Gasteiger partial charge in [-0.3, -0.25) is 14.9 Å². The molecule has 0 radical (unpaired) electrons. The van der Waals surface area contributed by atoms with Gasteiger partial charge in [-0.15, -0.1) is 0 Å². The van der Waals surface area contributed by atoms with Crippen LogP contribution in [0.3, 0.4) is 0 Å². The highest BCUT2D eigenvalue weighted by molar-refractivity contribution is 9.10. The number of esters is 1. The Balaban J connectivity index is 1.67. The minimum absolute atomic E-state index is 0.123. The number of non-ortho nitro benzene ring substituents is 1. The maximum absolute atomic E-state index is 13.2. The topological polar surface area (TPSA) is 99.4 Å². The Bertz CT molecular complexity index is 1430. The van der Waals surface area contributed by atoms with Gasteiger partial charge in [0.15, 0.2) is 12.4 Å². The number of halogens is 1. The molecule has 34 heavy (non-hydrogen) atoms. The number of nitrogens with zero attached hydrogens (tertiary/aromatic N) is 2. The Labute approximate surface area is 203 Å². The van der Waals surface area contributed by atoms with Crippen LogP contribution in [0.25, 0.3) is 22.2 Å². The van der Waals surface area contributed by atoms with Crippen LogP contribution in [0.5, 0.6) is 0 Å². The van der Waals surface area contributed by atoms with E-state index in [9.17, 15) is 19.7 Å². The van der Waals surface area contributed by atoms with E-state index in [1.165, 1.54) is 24.3 Å². The molecule has 0 bridgehead atoms. The predicted molar refractivity (Wildman–Crippen MR) is 132 cm³/mol. The van der Waals surface area contributed by atoms with Gasteiger partial charge in [-0.05, 0) is 49.7 Å². The number of fused-ring (bicyclic) bond motifs is 1. The van der Waals surface area contributed by atoms with Crippen molar-refractivity contribution in [3.63, 3.8) is 0 Å². The number of nitro benzene ring substituents is 1. The van der Waals surface area contributed by atoms with E-state index in [1.807, 2.05) is 43.3 Å². The van der Waals surface area contributed by atoms with Gasteiger partial charge in [0.05, 0.1) is 21.7 Å². The first kappa shape index (κ1) is 23.3. The molecule has 0 aliphatic carbocycles. The lowest BCUT2D eigenvalue weighted by molar-refractivity contribution is -0.384. The maximum Gasteiger partial charge on any atom is 0.339 e. The van der Waals surface area contributed by atoms with E-state index in [0.29, 0.717) is 27.7 Å². The van der Waals surface area contributed by atoms with Crippen molar-refractivity contribution in [3.05, 3.63) is 104 Å². The van der Waals surface area contributed by atoms with E-state index in [2.05, 4.69) is 15.9 Å². The van der Waals surface area contributed by atoms with E-state index in [0.717, 1.165) is 15.6 Å². The molecular weight excluding hydrogens is 500 g/mol. The SMILES string of the molecule is Cc1ccc(-c2nc3ccc(Br)cc3c(C(=O)OCC(=O)c3ccc([N+](=O)[O-])cc3)c2C)cc1. The first-order valence-electron chi connectivity index (χ1n) is 10.4. The highest BCUT2D eigenvalue weighted by Gasteiger charge is 2.22. The molecule has 0 aliphatic heterocycles. The largest absolute Gasteiger partial charge is 0.454 e. The second-order valence-corrected chi connectivity index (χ2v) is 8.71. The summed E-state index contributed by atoms with van der Waals surface area (Å²) in [7, 11) is 0. The summed E-state index contributed by atoms with van der Waals surface area (Å²) >= 11 is 3.44. The van der Waals surface area contributed by atoms with Gasteiger partial charge in [0.25, 0.3) is 5.69 Å². The summed E-state index contributed by atoms with van der Waals surface area (Å²) in [6.45, 7) is 3.30. The van der Waals surface area contributed by atoms with Gasteiger partial charge in [-0.2, -0.15) is 0 Å². The molecule has 0 amide bonds. The van der Waals surface area contributed by atoms with Gasteiger partial charge < -0.3 is 4.74 Å². The Morgan fingerprint density at radius 3 is 2.32 bits per heavy atom. The quantitative estimate of drug-likeness (QED) is 0.130. The van der Waals surface area contributed by atoms with Crippen molar-refractivity contribution in [1.29, 1.82) is 0 Å². The molecule has 3 aromatic carbocycles. The van der Waals surface area contributed by atoms with Crippen molar-refractivity contribution in [2.24, 2.45) is 0 Å². The molecule has 0 N–H and O–H groups in total. The average molecular weight is 519 g/mol. The van der Waals surface area contributed by atoms with Gasteiger partial charge in [-0.25, -0.2) is 9.78 Å². The summed E-state index contributed by atoms with van der Waals surface area (Å²) in [5.41, 5.74) is 4.32. The summed E-state index contributed by atoms with van der Waals surface area (Å²) in [5, 5.41) is 11.4. The molecular formula is C26H19BrN2O5. The van der Waals surface area contributed by atoms with E-state index in [-0.39, 0.29) is 11.3 Å². The van der Waals surface area contributed by atoms with Gasteiger partial charge >= 0.3 is 5.97 Å². The fraction of sp³-hybridized carbons (Fsp3) is 0.115. The van der Waals surface area contributed by atoms with Crippen LogP contribution < -0.4 is 0 Å². The predicted octanol–water partition coefficient (Wildman–Crippen LogP) is 6.23. The lowest BCUT2D eigenvalue weighted by atomic mass is 9.97. The zero-order valence-corrected chi connectivity index (χ0v) is 20.0. The molecule has 0 atom stereocenters. The second kappa shape index (κ2) is 9.52.